The first-order valence-electron chi connectivity index (χ1n) is 7.30. The molecule has 0 heterocycles. The number of hydrogen-bond acceptors (Lipinski definition) is 4. The number of benzene rings is 1. The number of ether oxygens (including phenoxy) is 1. The van der Waals surface area contributed by atoms with Gasteiger partial charge >= 0.3 is 5.97 Å². The fourth-order valence-corrected chi connectivity index (χ4v) is 3.04. The van der Waals surface area contributed by atoms with E-state index >= 15 is 0 Å². The van der Waals surface area contributed by atoms with Crippen molar-refractivity contribution in [3.8, 4) is 0 Å². The Morgan fingerprint density at radius 2 is 2.09 bits per heavy atom. The van der Waals surface area contributed by atoms with Crippen molar-refractivity contribution in [2.45, 2.75) is 32.2 Å². The van der Waals surface area contributed by atoms with Crippen LogP contribution in [0.2, 0.25) is 0 Å². The first-order valence-corrected chi connectivity index (χ1v) is 9.32. The van der Waals surface area contributed by atoms with Crippen LogP contribution in [0.15, 0.2) is 27.2 Å². The van der Waals surface area contributed by atoms with Crippen molar-refractivity contribution < 1.29 is 18.3 Å². The second-order valence-electron chi connectivity index (χ2n) is 5.19. The van der Waals surface area contributed by atoms with E-state index in [0.717, 1.165) is 25.0 Å². The topological polar surface area (TPSA) is 38.3 Å². The minimum atomic E-state index is -0.564. The van der Waals surface area contributed by atoms with E-state index in [9.17, 15) is 13.6 Å². The van der Waals surface area contributed by atoms with Crippen molar-refractivity contribution in [2.24, 2.45) is 0 Å². The molecule has 126 valence electrons. The summed E-state index contributed by atoms with van der Waals surface area (Å²) in [4.78, 5) is 12.3. The Kier molecular flexibility index (Phi) is 6.47. The molecule has 0 bridgehead atoms. The van der Waals surface area contributed by atoms with E-state index in [0.29, 0.717) is 16.6 Å². The van der Waals surface area contributed by atoms with Crippen LogP contribution in [0.5, 0.6) is 0 Å². The molecule has 1 saturated carbocycles. The highest BCUT2D eigenvalue weighted by Gasteiger charge is 2.26. The molecule has 1 aliphatic rings. The molecular formula is C16H18BrF2NO2S. The number of hydrogen-bond donors (Lipinski definition) is 1. The molecule has 0 radical (unpaired) electrons. The van der Waals surface area contributed by atoms with Crippen LogP contribution in [0.25, 0.3) is 0 Å². The molecule has 0 unspecified atom stereocenters. The Morgan fingerprint density at radius 1 is 1.39 bits per heavy atom. The predicted octanol–water partition coefficient (Wildman–Crippen LogP) is 4.16. The molecule has 1 aromatic carbocycles. The third-order valence-corrected chi connectivity index (χ3v) is 4.75. The first-order chi connectivity index (χ1) is 11.0. The van der Waals surface area contributed by atoms with E-state index in [2.05, 4.69) is 21.2 Å². The van der Waals surface area contributed by atoms with E-state index in [1.807, 2.05) is 6.26 Å². The Bertz CT molecular complexity index is 633. The van der Waals surface area contributed by atoms with E-state index in [4.69, 9.17) is 4.74 Å². The van der Waals surface area contributed by atoms with E-state index in [-0.39, 0.29) is 23.1 Å². The second kappa shape index (κ2) is 8.15. The summed E-state index contributed by atoms with van der Waals surface area (Å²) < 4.78 is 32.9. The zero-order valence-corrected chi connectivity index (χ0v) is 15.3. The van der Waals surface area contributed by atoms with Gasteiger partial charge in [-0.15, -0.1) is 11.8 Å². The number of rotatable bonds is 7. The van der Waals surface area contributed by atoms with E-state index in [1.54, 1.807) is 6.92 Å². The molecule has 0 amide bonds. The Labute approximate surface area is 147 Å². The van der Waals surface area contributed by atoms with Gasteiger partial charge in [-0.2, -0.15) is 0 Å². The number of nitrogens with one attached hydrogen (secondary N) is 1. The van der Waals surface area contributed by atoms with Crippen molar-refractivity contribution in [2.75, 3.05) is 12.9 Å². The quantitative estimate of drug-likeness (QED) is 0.419. The van der Waals surface area contributed by atoms with Crippen molar-refractivity contribution >= 4 is 33.7 Å². The smallest absolute Gasteiger partial charge is 0.336 e. The van der Waals surface area contributed by atoms with Gasteiger partial charge in [0.1, 0.15) is 11.6 Å². The Hall–Kier alpha value is -1.08. The van der Waals surface area contributed by atoms with Gasteiger partial charge in [-0.05, 0) is 59.6 Å². The third-order valence-electron chi connectivity index (χ3n) is 3.37. The van der Waals surface area contributed by atoms with E-state index in [1.165, 1.54) is 11.8 Å². The van der Waals surface area contributed by atoms with Crippen LogP contribution in [0.1, 0.15) is 25.3 Å². The minimum absolute atomic E-state index is 0.0231. The van der Waals surface area contributed by atoms with Crippen LogP contribution in [0, 0.1) is 11.6 Å². The van der Waals surface area contributed by atoms with Crippen LogP contribution in [0.3, 0.4) is 0 Å². The normalized spacial score (nSPS) is 15.2. The van der Waals surface area contributed by atoms with Crippen LogP contribution in [-0.4, -0.2) is 24.9 Å². The van der Waals surface area contributed by atoms with Gasteiger partial charge in [-0.3, -0.25) is 0 Å². The van der Waals surface area contributed by atoms with Gasteiger partial charge in [-0.25, -0.2) is 13.6 Å². The van der Waals surface area contributed by atoms with Crippen molar-refractivity contribution in [1.82, 2.24) is 5.32 Å². The van der Waals surface area contributed by atoms with Gasteiger partial charge in [0.25, 0.3) is 0 Å². The molecule has 0 aliphatic heterocycles. The van der Waals surface area contributed by atoms with Crippen LogP contribution in [-0.2, 0) is 16.0 Å². The maximum Gasteiger partial charge on any atom is 0.336 e. The minimum Gasteiger partial charge on any atom is -0.463 e. The molecule has 2 rings (SSSR count). The van der Waals surface area contributed by atoms with Gasteiger partial charge in [0, 0.05) is 12.5 Å². The third kappa shape index (κ3) is 4.94. The molecule has 23 heavy (non-hydrogen) atoms. The molecule has 0 atom stereocenters. The number of carbonyl (C=O) groups is 1. The molecule has 1 N–H and O–H groups in total. The maximum absolute atomic E-state index is 14.1. The average Bonchev–Trinajstić information content (AvgIpc) is 3.32. The molecule has 3 nitrogen and oxygen atoms in total. The highest BCUT2D eigenvalue weighted by atomic mass is 79.9. The highest BCUT2D eigenvalue weighted by molar-refractivity contribution is 9.10. The van der Waals surface area contributed by atoms with Gasteiger partial charge < -0.3 is 10.1 Å². The van der Waals surface area contributed by atoms with Crippen LogP contribution >= 0.6 is 27.7 Å². The first kappa shape index (κ1) is 18.3. The molecule has 1 aliphatic carbocycles. The van der Waals surface area contributed by atoms with Crippen molar-refractivity contribution in [3.05, 3.63) is 44.4 Å². The van der Waals surface area contributed by atoms with E-state index < -0.39 is 17.6 Å². The van der Waals surface area contributed by atoms with Gasteiger partial charge in [-0.1, -0.05) is 0 Å². The number of carbonyl (C=O) groups excluding carboxylic acids is 1. The summed E-state index contributed by atoms with van der Waals surface area (Å²) in [6, 6.07) is 2.52. The fraction of sp³-hybridized carbons (Fsp3) is 0.438. The summed E-state index contributed by atoms with van der Waals surface area (Å²) in [5.41, 5.74) is 0.449. The molecule has 1 fully saturated rings. The number of halogens is 3. The lowest BCUT2D eigenvalue weighted by molar-refractivity contribution is -0.138. The highest BCUT2D eigenvalue weighted by Crippen LogP contribution is 2.28. The maximum atomic E-state index is 14.1. The average molecular weight is 406 g/mol. The summed E-state index contributed by atoms with van der Waals surface area (Å²) in [6.45, 7) is 1.94. The summed E-state index contributed by atoms with van der Waals surface area (Å²) in [5, 5.41) is 3.92. The lowest BCUT2D eigenvalue weighted by atomic mass is 10.0. The number of thioether (sulfide) groups is 1. The SMILES string of the molecule is CCOC(=O)/C(Cc1cc(F)c(Br)cc1F)=C(\NC1CC1)SC. The molecule has 7 heteroatoms. The lowest BCUT2D eigenvalue weighted by Gasteiger charge is -2.15. The molecule has 0 aromatic heterocycles. The molecule has 0 saturated heterocycles. The predicted molar refractivity (Wildman–Crippen MR) is 91.1 cm³/mol. The summed E-state index contributed by atoms with van der Waals surface area (Å²) in [5.74, 6) is -1.63. The monoisotopic (exact) mass is 405 g/mol. The van der Waals surface area contributed by atoms with Crippen LogP contribution < -0.4 is 5.32 Å². The van der Waals surface area contributed by atoms with Gasteiger partial charge in [0.05, 0.1) is 21.7 Å². The zero-order chi connectivity index (χ0) is 17.0. The summed E-state index contributed by atoms with van der Waals surface area (Å²) in [6.07, 6.45) is 3.90. The fourth-order valence-electron chi connectivity index (χ4n) is 2.04. The largest absolute Gasteiger partial charge is 0.463 e. The second-order valence-corrected chi connectivity index (χ2v) is 6.86. The van der Waals surface area contributed by atoms with Gasteiger partial charge in [0.2, 0.25) is 0 Å². The zero-order valence-electron chi connectivity index (χ0n) is 12.9. The lowest BCUT2D eigenvalue weighted by Crippen LogP contribution is -2.21. The summed E-state index contributed by atoms with van der Waals surface area (Å²) in [7, 11) is 0. The van der Waals surface area contributed by atoms with Crippen molar-refractivity contribution in [1.29, 1.82) is 0 Å². The van der Waals surface area contributed by atoms with Crippen molar-refractivity contribution in [3.63, 3.8) is 0 Å². The molecule has 0 spiro atoms. The standard InChI is InChI=1S/C16H18BrF2NO2S/c1-3-22-16(21)11(15(23-2)20-10-4-5-10)6-9-7-14(19)12(17)8-13(9)18/h7-8,10,20H,3-6H2,1-2H3/b15-11+. The Morgan fingerprint density at radius 3 is 2.65 bits per heavy atom. The number of esters is 1. The Balaban J connectivity index is 2.35. The molecule has 1 aromatic rings. The molecular weight excluding hydrogens is 388 g/mol. The van der Waals surface area contributed by atoms with Crippen LogP contribution in [0.4, 0.5) is 8.78 Å². The van der Waals surface area contributed by atoms with Gasteiger partial charge in [0.15, 0.2) is 0 Å². The summed E-state index contributed by atoms with van der Waals surface area (Å²) >= 11 is 4.32.